The van der Waals surface area contributed by atoms with Crippen molar-refractivity contribution >= 4 is 17.6 Å². The largest absolute Gasteiger partial charge is 0.494 e. The number of piperidine rings is 4. The highest BCUT2D eigenvalue weighted by atomic mass is 16.5. The van der Waals surface area contributed by atoms with Crippen molar-refractivity contribution in [2.24, 2.45) is 29.1 Å². The minimum Gasteiger partial charge on any atom is -0.494 e. The Morgan fingerprint density at radius 3 is 2.79 bits per heavy atom. The molecule has 28 heavy (non-hydrogen) atoms. The summed E-state index contributed by atoms with van der Waals surface area (Å²) in [5, 5.41) is 6.61. The number of rotatable bonds is 7. The van der Waals surface area contributed by atoms with Gasteiger partial charge in [0.05, 0.1) is 19.6 Å². The zero-order valence-electron chi connectivity index (χ0n) is 16.1. The molecule has 3 saturated carbocycles. The highest BCUT2D eigenvalue weighted by Crippen LogP contribution is 2.85. The first-order valence-electron chi connectivity index (χ1n) is 10.5. The van der Waals surface area contributed by atoms with Gasteiger partial charge >= 0.3 is 5.97 Å². The molecule has 1 aromatic carbocycles. The number of aryl methyl sites for hydroxylation is 1. The van der Waals surface area contributed by atoms with Crippen molar-refractivity contribution in [1.82, 2.24) is 5.32 Å². The molecule has 148 valence electrons. The second-order valence-electron chi connectivity index (χ2n) is 9.14. The summed E-state index contributed by atoms with van der Waals surface area (Å²) in [5.74, 6) is 2.91. The highest BCUT2D eigenvalue weighted by Gasteiger charge is 2.91. The highest BCUT2D eigenvalue weighted by molar-refractivity contribution is 5.94. The molecule has 6 rings (SSSR count). The molecule has 2 heterocycles. The normalized spacial score (nSPS) is 40.4. The average Bonchev–Trinajstić information content (AvgIpc) is 2.71. The van der Waals surface area contributed by atoms with Crippen LogP contribution in [-0.2, 0) is 20.7 Å². The maximum absolute atomic E-state index is 11.9. The molecule has 0 bridgehead atoms. The van der Waals surface area contributed by atoms with Gasteiger partial charge in [0.15, 0.2) is 0 Å². The molecule has 5 aliphatic rings. The van der Waals surface area contributed by atoms with E-state index in [1.54, 1.807) is 0 Å². The third-order valence-electron chi connectivity index (χ3n) is 8.29. The number of anilines is 1. The summed E-state index contributed by atoms with van der Waals surface area (Å²) in [7, 11) is 1.51. The third kappa shape index (κ3) is 1.92. The summed E-state index contributed by atoms with van der Waals surface area (Å²) in [6.45, 7) is 0.702. The molecular formula is C22H26N2O4. The van der Waals surface area contributed by atoms with Crippen LogP contribution < -0.4 is 15.4 Å². The van der Waals surface area contributed by atoms with Crippen LogP contribution in [0, 0.1) is 29.1 Å². The number of carbonyl (C=O) groups excluding carboxylic acids is 2. The van der Waals surface area contributed by atoms with E-state index in [9.17, 15) is 9.59 Å². The van der Waals surface area contributed by atoms with Crippen LogP contribution in [0.3, 0.4) is 0 Å². The molecule has 4 atom stereocenters. The Balaban J connectivity index is 0.980. The van der Waals surface area contributed by atoms with Gasteiger partial charge in [-0.2, -0.15) is 0 Å². The van der Waals surface area contributed by atoms with Gasteiger partial charge in [-0.1, -0.05) is 6.07 Å². The van der Waals surface area contributed by atoms with E-state index in [1.807, 2.05) is 12.1 Å². The van der Waals surface area contributed by atoms with E-state index in [0.29, 0.717) is 42.4 Å². The van der Waals surface area contributed by atoms with Gasteiger partial charge in [-0.15, -0.1) is 0 Å². The second-order valence-corrected chi connectivity index (χ2v) is 9.14. The van der Waals surface area contributed by atoms with Gasteiger partial charge in [0.2, 0.25) is 5.91 Å². The summed E-state index contributed by atoms with van der Waals surface area (Å²) in [5.41, 5.74) is 2.56. The number of fused-ring (bicyclic) bond motifs is 3. The Morgan fingerprint density at radius 1 is 1.21 bits per heavy atom. The SMILES string of the molecule is COC(=O)C1C2C3NC4C1C2C34CCCCOc1ccc2c(c1)NC(=O)CC2. The molecule has 6 nitrogen and oxygen atoms in total. The zero-order chi connectivity index (χ0) is 19.0. The molecule has 0 aromatic heterocycles. The van der Waals surface area contributed by atoms with Crippen LogP contribution in [0.15, 0.2) is 18.2 Å². The number of hydrogen-bond donors (Lipinski definition) is 2. The summed E-state index contributed by atoms with van der Waals surface area (Å²) in [6, 6.07) is 7.09. The molecular weight excluding hydrogens is 356 g/mol. The topological polar surface area (TPSA) is 76.7 Å². The summed E-state index contributed by atoms with van der Waals surface area (Å²) < 4.78 is 10.9. The van der Waals surface area contributed by atoms with Gasteiger partial charge in [0.25, 0.3) is 0 Å². The predicted octanol–water partition coefficient (Wildman–Crippen LogP) is 2.13. The van der Waals surface area contributed by atoms with Crippen molar-refractivity contribution in [3.8, 4) is 5.75 Å². The maximum Gasteiger partial charge on any atom is 0.309 e. The Labute approximate surface area is 164 Å². The van der Waals surface area contributed by atoms with Crippen molar-refractivity contribution in [2.75, 3.05) is 19.0 Å². The van der Waals surface area contributed by atoms with Gasteiger partial charge in [-0.25, -0.2) is 0 Å². The van der Waals surface area contributed by atoms with Crippen LogP contribution >= 0.6 is 0 Å². The lowest BCUT2D eigenvalue weighted by molar-refractivity contribution is -0.415. The minimum atomic E-state index is 0.00527. The van der Waals surface area contributed by atoms with Crippen LogP contribution in [-0.4, -0.2) is 37.7 Å². The molecule has 3 aliphatic carbocycles. The van der Waals surface area contributed by atoms with Crippen molar-refractivity contribution in [3.63, 3.8) is 0 Å². The summed E-state index contributed by atoms with van der Waals surface area (Å²) in [4.78, 5) is 23.5. The lowest BCUT2D eigenvalue weighted by atomic mass is 9.17. The fourth-order valence-corrected chi connectivity index (χ4v) is 7.17. The van der Waals surface area contributed by atoms with Crippen LogP contribution in [0.5, 0.6) is 5.75 Å². The molecule has 4 fully saturated rings. The monoisotopic (exact) mass is 382 g/mol. The molecule has 6 heteroatoms. The minimum absolute atomic E-state index is 0.00527. The molecule has 4 unspecified atom stereocenters. The third-order valence-corrected chi connectivity index (χ3v) is 8.29. The van der Waals surface area contributed by atoms with Crippen LogP contribution in [0.4, 0.5) is 5.69 Å². The van der Waals surface area contributed by atoms with Gasteiger partial charge in [0.1, 0.15) is 5.75 Å². The summed E-state index contributed by atoms with van der Waals surface area (Å²) in [6.07, 6.45) is 4.81. The number of benzene rings is 1. The molecule has 0 spiro atoms. The van der Waals surface area contributed by atoms with Crippen molar-refractivity contribution in [1.29, 1.82) is 0 Å². The first-order valence-corrected chi connectivity index (χ1v) is 10.5. The van der Waals surface area contributed by atoms with E-state index in [0.717, 1.165) is 36.6 Å². The quantitative estimate of drug-likeness (QED) is 0.558. The average molecular weight is 382 g/mol. The fraction of sp³-hybridized carbons (Fsp3) is 0.636. The summed E-state index contributed by atoms with van der Waals surface area (Å²) >= 11 is 0. The number of esters is 1. The Bertz CT molecular complexity index is 837. The maximum atomic E-state index is 11.9. The first kappa shape index (κ1) is 16.8. The predicted molar refractivity (Wildman–Crippen MR) is 102 cm³/mol. The number of methoxy groups -OCH3 is 1. The van der Waals surface area contributed by atoms with E-state index in [2.05, 4.69) is 16.7 Å². The van der Waals surface area contributed by atoms with Gasteiger partial charge in [0, 0.05) is 35.7 Å². The van der Waals surface area contributed by atoms with Crippen LogP contribution in [0.2, 0.25) is 0 Å². The molecule has 1 amide bonds. The van der Waals surface area contributed by atoms with Gasteiger partial charge < -0.3 is 20.1 Å². The Hall–Kier alpha value is -2.08. The fourth-order valence-electron chi connectivity index (χ4n) is 7.17. The lowest BCUT2D eigenvalue weighted by Crippen LogP contribution is -3.02. The molecule has 2 aliphatic heterocycles. The number of amides is 1. The van der Waals surface area contributed by atoms with Crippen molar-refractivity contribution in [2.45, 2.75) is 44.2 Å². The standard InChI is InChI=1S/C22H26N2O4/c1-27-21(26)15-16-18-17(15)20-22(18,19(16)24-20)8-2-3-9-28-12-6-4-11-5-7-14(25)23-13(11)10-12/h4,6,10,15-20,24H,2-3,5,7-9H2,1H3,(H,23,25). The van der Waals surface area contributed by atoms with Crippen LogP contribution in [0.25, 0.3) is 0 Å². The first-order chi connectivity index (χ1) is 13.6. The van der Waals surface area contributed by atoms with E-state index in [-0.39, 0.29) is 17.8 Å². The van der Waals surface area contributed by atoms with Crippen LogP contribution in [0.1, 0.15) is 31.2 Å². The Kier molecular flexibility index (Phi) is 3.44. The molecule has 0 radical (unpaired) electrons. The second kappa shape index (κ2) is 5.72. The number of nitrogens with one attached hydrogen (secondary N) is 2. The van der Waals surface area contributed by atoms with E-state index in [1.165, 1.54) is 19.1 Å². The van der Waals surface area contributed by atoms with E-state index in [4.69, 9.17) is 9.47 Å². The van der Waals surface area contributed by atoms with Crippen molar-refractivity contribution < 1.29 is 19.1 Å². The number of unbranched alkanes of at least 4 members (excludes halogenated alkanes) is 1. The number of carbonyl (C=O) groups is 2. The Morgan fingerprint density at radius 2 is 2.04 bits per heavy atom. The number of hydrogen-bond acceptors (Lipinski definition) is 5. The van der Waals surface area contributed by atoms with Gasteiger partial charge in [-0.05, 0) is 55.1 Å². The lowest BCUT2D eigenvalue weighted by Gasteiger charge is -2.93. The van der Waals surface area contributed by atoms with E-state index < -0.39 is 0 Å². The zero-order valence-corrected chi connectivity index (χ0v) is 16.1. The molecule has 1 aromatic rings. The van der Waals surface area contributed by atoms with Crippen molar-refractivity contribution in [3.05, 3.63) is 23.8 Å². The molecule has 1 saturated heterocycles. The van der Waals surface area contributed by atoms with Gasteiger partial charge in [-0.3, -0.25) is 9.59 Å². The smallest absolute Gasteiger partial charge is 0.309 e. The molecule has 2 N–H and O–H groups in total. The number of ether oxygens (including phenoxy) is 2. The van der Waals surface area contributed by atoms with E-state index >= 15 is 0 Å².